The molecule has 1 heterocycles. The molecule has 0 unspecified atom stereocenters. The van der Waals surface area contributed by atoms with Gasteiger partial charge >= 0.3 is 6.11 Å². The molecule has 0 fully saturated rings. The van der Waals surface area contributed by atoms with Crippen molar-refractivity contribution >= 4 is 33.3 Å². The molecule has 27 heavy (non-hydrogen) atoms. The van der Waals surface area contributed by atoms with E-state index in [1.165, 1.54) is 0 Å². The van der Waals surface area contributed by atoms with Gasteiger partial charge in [-0.3, -0.25) is 0 Å². The number of allylic oxidation sites excluding steroid dienone is 1. The molecule has 0 aliphatic heterocycles. The predicted octanol–water partition coefficient (Wildman–Crippen LogP) is 6.51. The maximum Gasteiger partial charge on any atom is 0.454 e. The molecule has 3 rings (SSSR count). The molecule has 0 aliphatic carbocycles. The van der Waals surface area contributed by atoms with Gasteiger partial charge in [-0.2, -0.15) is 8.78 Å². The van der Waals surface area contributed by atoms with Crippen LogP contribution >= 0.6 is 23.1 Å². The number of fused-ring (bicyclic) bond motifs is 1. The molecule has 0 amide bonds. The number of hydrogen-bond donors (Lipinski definition) is 0. The number of alkyl halides is 2. The Morgan fingerprint density at radius 1 is 1.15 bits per heavy atom. The standard InChI is InChI=1S/C18H12F5NOS2/c1-2-3-6-26-11-4-5-14-15(9-11)27-17(24-14)18(22,23)25-10-7-12(19)16(21)13(20)8-10/h2,4-5,7-9H,1,3,6H2. The van der Waals surface area contributed by atoms with E-state index in [9.17, 15) is 22.0 Å². The van der Waals surface area contributed by atoms with Crippen LogP contribution < -0.4 is 4.74 Å². The summed E-state index contributed by atoms with van der Waals surface area (Å²) in [6.45, 7) is 3.64. The Bertz CT molecular complexity index is 966. The third-order valence-corrected chi connectivity index (χ3v) is 5.50. The first-order valence-electron chi connectivity index (χ1n) is 7.66. The van der Waals surface area contributed by atoms with E-state index < -0.39 is 34.3 Å². The fourth-order valence-electron chi connectivity index (χ4n) is 2.16. The van der Waals surface area contributed by atoms with Gasteiger partial charge in [-0.05, 0) is 24.6 Å². The summed E-state index contributed by atoms with van der Waals surface area (Å²) in [5.74, 6) is -5.03. The Labute approximate surface area is 159 Å². The largest absolute Gasteiger partial charge is 0.454 e. The Kier molecular flexibility index (Phi) is 5.71. The molecule has 9 heteroatoms. The van der Waals surface area contributed by atoms with Crippen LogP contribution in [0.15, 0.2) is 47.9 Å². The highest BCUT2D eigenvalue weighted by Gasteiger charge is 2.39. The van der Waals surface area contributed by atoms with Crippen molar-refractivity contribution in [3.05, 3.63) is 65.4 Å². The van der Waals surface area contributed by atoms with Gasteiger partial charge in [0.05, 0.1) is 10.2 Å². The number of nitrogens with zero attached hydrogens (tertiary/aromatic N) is 1. The lowest BCUT2D eigenvalue weighted by molar-refractivity contribution is -0.185. The first kappa shape index (κ1) is 19.6. The Hall–Kier alpha value is -2.13. The Morgan fingerprint density at radius 3 is 2.52 bits per heavy atom. The number of rotatable bonds is 7. The zero-order chi connectivity index (χ0) is 19.6. The summed E-state index contributed by atoms with van der Waals surface area (Å²) in [5, 5.41) is -0.670. The third kappa shape index (κ3) is 4.41. The molecule has 0 radical (unpaired) electrons. The minimum absolute atomic E-state index is 0.350. The van der Waals surface area contributed by atoms with Crippen LogP contribution in [0.1, 0.15) is 11.4 Å². The number of hydrogen-bond acceptors (Lipinski definition) is 4. The topological polar surface area (TPSA) is 22.1 Å². The van der Waals surface area contributed by atoms with Crippen molar-refractivity contribution in [2.45, 2.75) is 17.4 Å². The van der Waals surface area contributed by atoms with Crippen molar-refractivity contribution in [3.8, 4) is 5.75 Å². The number of aromatic nitrogens is 1. The molecule has 0 saturated heterocycles. The maximum absolute atomic E-state index is 14.4. The molecular formula is C18H12F5NOS2. The SMILES string of the molecule is C=CCCSc1ccc2nc(C(F)(F)Oc3cc(F)c(F)c(F)c3)sc2c1. The van der Waals surface area contributed by atoms with E-state index in [0.29, 0.717) is 33.7 Å². The zero-order valence-corrected chi connectivity index (χ0v) is 15.3. The average molecular weight is 417 g/mol. The molecule has 2 aromatic carbocycles. The lowest BCUT2D eigenvalue weighted by Crippen LogP contribution is -2.21. The van der Waals surface area contributed by atoms with Gasteiger partial charge in [-0.15, -0.1) is 29.7 Å². The number of thioether (sulfide) groups is 1. The summed E-state index contributed by atoms with van der Waals surface area (Å²) in [6, 6.07) is 5.82. The van der Waals surface area contributed by atoms with Gasteiger partial charge in [0.2, 0.25) is 5.01 Å². The van der Waals surface area contributed by atoms with Crippen LogP contribution in [0.4, 0.5) is 22.0 Å². The second kappa shape index (κ2) is 7.85. The van der Waals surface area contributed by atoms with Crippen LogP contribution in [0, 0.1) is 17.5 Å². The molecule has 0 bridgehead atoms. The van der Waals surface area contributed by atoms with Gasteiger partial charge in [-0.1, -0.05) is 6.08 Å². The van der Waals surface area contributed by atoms with Crippen molar-refractivity contribution in [1.82, 2.24) is 4.98 Å². The van der Waals surface area contributed by atoms with Crippen LogP contribution in [0.25, 0.3) is 10.2 Å². The molecule has 142 valence electrons. The Balaban J connectivity index is 1.85. The summed E-state index contributed by atoms with van der Waals surface area (Å²) in [7, 11) is 0. The molecule has 0 aliphatic rings. The second-order valence-corrected chi connectivity index (χ2v) is 7.59. The third-order valence-electron chi connectivity index (χ3n) is 3.40. The monoisotopic (exact) mass is 417 g/mol. The smallest absolute Gasteiger partial charge is 0.427 e. The quantitative estimate of drug-likeness (QED) is 0.144. The number of thiazole rings is 1. The predicted molar refractivity (Wildman–Crippen MR) is 96.0 cm³/mol. The minimum atomic E-state index is -3.93. The summed E-state index contributed by atoms with van der Waals surface area (Å²) >= 11 is 2.26. The van der Waals surface area contributed by atoms with E-state index in [1.807, 2.05) is 0 Å². The van der Waals surface area contributed by atoms with Crippen molar-refractivity contribution < 1.29 is 26.7 Å². The highest BCUT2D eigenvalue weighted by Crippen LogP contribution is 2.38. The van der Waals surface area contributed by atoms with Crippen LogP contribution in [-0.4, -0.2) is 10.7 Å². The van der Waals surface area contributed by atoms with Gasteiger partial charge in [-0.25, -0.2) is 18.2 Å². The van der Waals surface area contributed by atoms with Crippen molar-refractivity contribution in [1.29, 1.82) is 0 Å². The highest BCUT2D eigenvalue weighted by atomic mass is 32.2. The van der Waals surface area contributed by atoms with E-state index in [0.717, 1.165) is 17.1 Å². The lowest BCUT2D eigenvalue weighted by atomic mass is 10.3. The van der Waals surface area contributed by atoms with Crippen LogP contribution in [0.2, 0.25) is 0 Å². The average Bonchev–Trinajstić information content (AvgIpc) is 3.04. The van der Waals surface area contributed by atoms with Crippen molar-refractivity contribution in [2.75, 3.05) is 5.75 Å². The summed E-state index contributed by atoms with van der Waals surface area (Å²) < 4.78 is 73.0. The van der Waals surface area contributed by atoms with E-state index in [4.69, 9.17) is 0 Å². The first-order chi connectivity index (χ1) is 12.8. The molecule has 3 aromatic rings. The van der Waals surface area contributed by atoms with Gasteiger partial charge in [0.15, 0.2) is 17.5 Å². The van der Waals surface area contributed by atoms with Gasteiger partial charge in [0.1, 0.15) is 5.75 Å². The number of ether oxygens (including phenoxy) is 1. The lowest BCUT2D eigenvalue weighted by Gasteiger charge is -2.15. The van der Waals surface area contributed by atoms with Crippen molar-refractivity contribution in [3.63, 3.8) is 0 Å². The normalized spacial score (nSPS) is 11.7. The first-order valence-corrected chi connectivity index (χ1v) is 9.46. The summed E-state index contributed by atoms with van der Waals surface area (Å²) in [6.07, 6.45) is -1.33. The highest BCUT2D eigenvalue weighted by molar-refractivity contribution is 7.99. The molecule has 0 saturated carbocycles. The van der Waals surface area contributed by atoms with Crippen LogP contribution in [0.5, 0.6) is 5.75 Å². The van der Waals surface area contributed by atoms with Crippen LogP contribution in [0.3, 0.4) is 0 Å². The van der Waals surface area contributed by atoms with Gasteiger partial charge in [0, 0.05) is 22.8 Å². The fourth-order valence-corrected chi connectivity index (χ4v) is 4.04. The minimum Gasteiger partial charge on any atom is -0.427 e. The number of benzene rings is 2. The zero-order valence-electron chi connectivity index (χ0n) is 13.6. The molecule has 0 spiro atoms. The molecule has 1 aromatic heterocycles. The summed E-state index contributed by atoms with van der Waals surface area (Å²) in [5.41, 5.74) is 0.350. The summed E-state index contributed by atoms with van der Waals surface area (Å²) in [4.78, 5) is 4.73. The fraction of sp³-hybridized carbons (Fsp3) is 0.167. The number of halogens is 5. The van der Waals surface area contributed by atoms with Gasteiger partial charge < -0.3 is 4.74 Å². The molecule has 2 nitrogen and oxygen atoms in total. The van der Waals surface area contributed by atoms with Gasteiger partial charge in [0.25, 0.3) is 0 Å². The van der Waals surface area contributed by atoms with E-state index in [-0.39, 0.29) is 0 Å². The maximum atomic E-state index is 14.4. The second-order valence-electron chi connectivity index (χ2n) is 5.39. The molecule has 0 N–H and O–H groups in total. The molecule has 0 atom stereocenters. The van der Waals surface area contributed by atoms with E-state index in [2.05, 4.69) is 16.3 Å². The van der Waals surface area contributed by atoms with E-state index >= 15 is 0 Å². The molecular weight excluding hydrogens is 405 g/mol. The van der Waals surface area contributed by atoms with Crippen LogP contribution in [-0.2, 0) is 6.11 Å². The Morgan fingerprint density at radius 2 is 1.85 bits per heavy atom. The van der Waals surface area contributed by atoms with E-state index in [1.54, 1.807) is 36.0 Å². The van der Waals surface area contributed by atoms with Crippen molar-refractivity contribution in [2.24, 2.45) is 0 Å².